The third kappa shape index (κ3) is 3.35. The van der Waals surface area contributed by atoms with Crippen molar-refractivity contribution in [3.05, 3.63) is 40.1 Å². The van der Waals surface area contributed by atoms with E-state index in [9.17, 15) is 0 Å². The van der Waals surface area contributed by atoms with Crippen molar-refractivity contribution in [1.29, 1.82) is 0 Å². The number of anilines is 1. The van der Waals surface area contributed by atoms with Crippen molar-refractivity contribution >= 4 is 38.9 Å². The first-order chi connectivity index (χ1) is 13.0. The fourth-order valence-electron chi connectivity index (χ4n) is 3.44. The molecular weight excluding hydrogens is 432 g/mol. The number of rotatable bonds is 4. The molecule has 1 saturated heterocycles. The van der Waals surface area contributed by atoms with Crippen LogP contribution in [0.15, 0.2) is 35.1 Å². The Hall–Kier alpha value is -1.96. The van der Waals surface area contributed by atoms with Gasteiger partial charge in [-0.3, -0.25) is 0 Å². The molecule has 0 bridgehead atoms. The fraction of sp³-hybridized carbons (Fsp3) is 0.316. The standard InChI is InChI=1S/C19H20BrClN4O2/c1-26-17-7-18(27-2)14(21)5-12(17)15-10-25-9-13(20)16(6-19(25)23-15)24-4-3-11(22)8-24/h5-7,9-11H,3-4,8,22H2,1-2H3. The van der Waals surface area contributed by atoms with Gasteiger partial charge in [0, 0.05) is 49.2 Å². The second kappa shape index (κ2) is 7.22. The second-order valence-electron chi connectivity index (χ2n) is 6.58. The molecular formula is C19H20BrClN4O2. The van der Waals surface area contributed by atoms with Crippen LogP contribution in [0.3, 0.4) is 0 Å². The van der Waals surface area contributed by atoms with Crippen LogP contribution >= 0.6 is 27.5 Å². The lowest BCUT2D eigenvalue weighted by Crippen LogP contribution is -2.26. The smallest absolute Gasteiger partial charge is 0.141 e. The zero-order chi connectivity index (χ0) is 19.1. The van der Waals surface area contributed by atoms with Gasteiger partial charge in [-0.05, 0) is 28.4 Å². The van der Waals surface area contributed by atoms with Crippen molar-refractivity contribution in [1.82, 2.24) is 9.38 Å². The molecule has 0 saturated carbocycles. The summed E-state index contributed by atoms with van der Waals surface area (Å²) in [4.78, 5) is 7.07. The van der Waals surface area contributed by atoms with E-state index in [4.69, 9.17) is 31.8 Å². The Bertz CT molecular complexity index is 1010. The summed E-state index contributed by atoms with van der Waals surface area (Å²) in [6.07, 6.45) is 4.97. The monoisotopic (exact) mass is 450 g/mol. The van der Waals surface area contributed by atoms with E-state index in [1.54, 1.807) is 20.3 Å². The van der Waals surface area contributed by atoms with Gasteiger partial charge in [-0.25, -0.2) is 4.98 Å². The molecule has 4 rings (SSSR count). The van der Waals surface area contributed by atoms with Gasteiger partial charge < -0.3 is 24.5 Å². The van der Waals surface area contributed by atoms with E-state index in [1.807, 2.05) is 22.9 Å². The molecule has 0 aliphatic carbocycles. The van der Waals surface area contributed by atoms with Crippen LogP contribution in [0.1, 0.15) is 6.42 Å². The number of hydrogen-bond acceptors (Lipinski definition) is 5. The van der Waals surface area contributed by atoms with Crippen molar-refractivity contribution in [2.75, 3.05) is 32.2 Å². The summed E-state index contributed by atoms with van der Waals surface area (Å²) in [6, 6.07) is 5.88. The summed E-state index contributed by atoms with van der Waals surface area (Å²) >= 11 is 9.99. The zero-order valence-corrected chi connectivity index (χ0v) is 17.4. The van der Waals surface area contributed by atoms with Crippen LogP contribution in [0.25, 0.3) is 16.9 Å². The number of nitrogens with two attached hydrogens (primary N) is 1. The molecule has 0 radical (unpaired) electrons. The Morgan fingerprint density at radius 3 is 2.63 bits per heavy atom. The van der Waals surface area contributed by atoms with E-state index in [-0.39, 0.29) is 6.04 Å². The summed E-state index contributed by atoms with van der Waals surface area (Å²) in [5.41, 5.74) is 9.60. The number of fused-ring (bicyclic) bond motifs is 1. The minimum Gasteiger partial charge on any atom is -0.496 e. The Morgan fingerprint density at radius 2 is 1.96 bits per heavy atom. The van der Waals surface area contributed by atoms with Crippen LogP contribution in [0.5, 0.6) is 11.5 Å². The number of halogens is 2. The van der Waals surface area contributed by atoms with Gasteiger partial charge in [0.05, 0.1) is 35.1 Å². The summed E-state index contributed by atoms with van der Waals surface area (Å²) in [6.45, 7) is 1.80. The second-order valence-corrected chi connectivity index (χ2v) is 7.84. The topological polar surface area (TPSA) is 65.0 Å². The quantitative estimate of drug-likeness (QED) is 0.650. The highest BCUT2D eigenvalue weighted by atomic mass is 79.9. The van der Waals surface area contributed by atoms with Gasteiger partial charge in [0.1, 0.15) is 17.1 Å². The molecule has 1 aromatic carbocycles. The van der Waals surface area contributed by atoms with Gasteiger partial charge in [-0.15, -0.1) is 0 Å². The number of nitrogens with zero attached hydrogens (tertiary/aromatic N) is 3. The van der Waals surface area contributed by atoms with Crippen LogP contribution < -0.4 is 20.1 Å². The van der Waals surface area contributed by atoms with Crippen LogP contribution in [0.2, 0.25) is 5.02 Å². The Balaban J connectivity index is 1.79. The Morgan fingerprint density at radius 1 is 1.19 bits per heavy atom. The lowest BCUT2D eigenvalue weighted by molar-refractivity contribution is 0.395. The number of methoxy groups -OCH3 is 2. The fourth-order valence-corrected chi connectivity index (χ4v) is 4.26. The number of benzene rings is 1. The molecule has 1 aliphatic heterocycles. The van der Waals surface area contributed by atoms with Crippen LogP contribution in [-0.4, -0.2) is 42.7 Å². The molecule has 142 valence electrons. The van der Waals surface area contributed by atoms with Gasteiger partial charge >= 0.3 is 0 Å². The average molecular weight is 452 g/mol. The van der Waals surface area contributed by atoms with Crippen LogP contribution in [0.4, 0.5) is 5.69 Å². The number of ether oxygens (including phenoxy) is 2. The molecule has 8 heteroatoms. The maximum atomic E-state index is 6.32. The van der Waals surface area contributed by atoms with Crippen molar-refractivity contribution in [3.63, 3.8) is 0 Å². The Labute approximate surface area is 171 Å². The molecule has 1 atom stereocenters. The number of pyridine rings is 1. The third-order valence-electron chi connectivity index (χ3n) is 4.84. The summed E-state index contributed by atoms with van der Waals surface area (Å²) in [5.74, 6) is 1.22. The van der Waals surface area contributed by atoms with Crippen LogP contribution in [0, 0.1) is 0 Å². The van der Waals surface area contributed by atoms with E-state index in [0.29, 0.717) is 16.5 Å². The number of hydrogen-bond donors (Lipinski definition) is 1. The average Bonchev–Trinajstić information content (AvgIpc) is 3.26. The van der Waals surface area contributed by atoms with Crippen molar-refractivity contribution in [3.8, 4) is 22.8 Å². The first-order valence-corrected chi connectivity index (χ1v) is 9.78. The van der Waals surface area contributed by atoms with Gasteiger partial charge in [-0.1, -0.05) is 11.6 Å². The molecule has 1 unspecified atom stereocenters. The lowest BCUT2D eigenvalue weighted by Gasteiger charge is -2.19. The summed E-state index contributed by atoms with van der Waals surface area (Å²) in [5, 5.41) is 0.512. The van der Waals surface area contributed by atoms with E-state index < -0.39 is 0 Å². The summed E-state index contributed by atoms with van der Waals surface area (Å²) < 4.78 is 13.8. The van der Waals surface area contributed by atoms with E-state index >= 15 is 0 Å². The van der Waals surface area contributed by atoms with Gasteiger partial charge in [0.2, 0.25) is 0 Å². The molecule has 6 nitrogen and oxygen atoms in total. The van der Waals surface area contributed by atoms with Crippen LogP contribution in [-0.2, 0) is 0 Å². The van der Waals surface area contributed by atoms with Crippen molar-refractivity contribution in [2.45, 2.75) is 12.5 Å². The maximum Gasteiger partial charge on any atom is 0.141 e. The van der Waals surface area contributed by atoms with Crippen molar-refractivity contribution < 1.29 is 9.47 Å². The largest absolute Gasteiger partial charge is 0.496 e. The predicted molar refractivity (Wildman–Crippen MR) is 111 cm³/mol. The predicted octanol–water partition coefficient (Wildman–Crippen LogP) is 3.97. The molecule has 0 amide bonds. The SMILES string of the molecule is COc1cc(OC)c(-c2cn3cc(Br)c(N4CCC(N)C4)cc3n2)cc1Cl. The molecule has 3 heterocycles. The first-order valence-electron chi connectivity index (χ1n) is 8.61. The summed E-state index contributed by atoms with van der Waals surface area (Å²) in [7, 11) is 3.20. The molecule has 2 N–H and O–H groups in total. The number of imidazole rings is 1. The maximum absolute atomic E-state index is 6.32. The normalized spacial score (nSPS) is 16.9. The van der Waals surface area contributed by atoms with E-state index in [1.165, 1.54) is 0 Å². The van der Waals surface area contributed by atoms with Gasteiger partial charge in [0.25, 0.3) is 0 Å². The molecule has 2 aromatic heterocycles. The molecule has 0 spiro atoms. The molecule has 27 heavy (non-hydrogen) atoms. The number of aromatic nitrogens is 2. The highest BCUT2D eigenvalue weighted by molar-refractivity contribution is 9.10. The van der Waals surface area contributed by atoms with Crippen molar-refractivity contribution in [2.24, 2.45) is 5.73 Å². The van der Waals surface area contributed by atoms with E-state index in [0.717, 1.165) is 46.6 Å². The first kappa shape index (κ1) is 18.4. The van der Waals surface area contributed by atoms with Gasteiger partial charge in [0.15, 0.2) is 0 Å². The lowest BCUT2D eigenvalue weighted by atomic mass is 10.1. The zero-order valence-electron chi connectivity index (χ0n) is 15.1. The highest BCUT2D eigenvalue weighted by Crippen LogP contribution is 2.39. The Kier molecular flexibility index (Phi) is 4.92. The third-order valence-corrected chi connectivity index (χ3v) is 5.75. The highest BCUT2D eigenvalue weighted by Gasteiger charge is 2.22. The molecule has 1 aliphatic rings. The van der Waals surface area contributed by atoms with Gasteiger partial charge in [-0.2, -0.15) is 0 Å². The van der Waals surface area contributed by atoms with E-state index in [2.05, 4.69) is 26.9 Å². The molecule has 3 aromatic rings. The minimum absolute atomic E-state index is 0.217. The minimum atomic E-state index is 0.217. The molecule has 1 fully saturated rings.